The summed E-state index contributed by atoms with van der Waals surface area (Å²) in [5, 5.41) is 0. The predicted octanol–water partition coefficient (Wildman–Crippen LogP) is 5.30. The molecule has 0 saturated heterocycles. The highest BCUT2D eigenvalue weighted by atomic mass is 16.5. The van der Waals surface area contributed by atoms with Crippen molar-refractivity contribution < 1.29 is 19.1 Å². The number of fused-ring (bicyclic) bond motifs is 2. The number of benzene rings is 2. The fraction of sp³-hybridized carbons (Fsp3) is 0.200. The number of rotatable bonds is 7. The van der Waals surface area contributed by atoms with Crippen LogP contribution in [0.5, 0.6) is 5.75 Å². The molecule has 0 spiro atoms. The van der Waals surface area contributed by atoms with Crippen LogP contribution in [0.4, 0.5) is 17.3 Å². The molecule has 0 radical (unpaired) electrons. The monoisotopic (exact) mass is 508 g/mol. The van der Waals surface area contributed by atoms with E-state index >= 15 is 0 Å². The Morgan fingerprint density at radius 2 is 1.76 bits per heavy atom. The van der Waals surface area contributed by atoms with E-state index in [4.69, 9.17) is 9.47 Å². The second-order valence-electron chi connectivity index (χ2n) is 8.86. The lowest BCUT2D eigenvalue weighted by molar-refractivity contribution is 0.0600. The van der Waals surface area contributed by atoms with E-state index < -0.39 is 0 Å². The molecule has 4 aromatic rings. The number of hydrogen-bond donors (Lipinski definition) is 0. The van der Waals surface area contributed by atoms with E-state index in [0.717, 1.165) is 28.1 Å². The molecule has 0 fully saturated rings. The van der Waals surface area contributed by atoms with Gasteiger partial charge in [-0.3, -0.25) is 4.79 Å². The maximum absolute atomic E-state index is 13.3. The molecule has 5 rings (SSSR count). The van der Waals surface area contributed by atoms with Gasteiger partial charge >= 0.3 is 5.97 Å². The van der Waals surface area contributed by atoms with Gasteiger partial charge in [-0.2, -0.15) is 0 Å². The Kier molecular flexibility index (Phi) is 7.04. The molecule has 38 heavy (non-hydrogen) atoms. The summed E-state index contributed by atoms with van der Waals surface area (Å²) in [4.78, 5) is 37.8. The number of pyridine rings is 2. The molecule has 0 aliphatic carbocycles. The first kappa shape index (κ1) is 25.0. The quantitative estimate of drug-likeness (QED) is 0.313. The van der Waals surface area contributed by atoms with Gasteiger partial charge in [-0.05, 0) is 66.1 Å². The zero-order chi connectivity index (χ0) is 26.6. The third kappa shape index (κ3) is 4.80. The first-order chi connectivity index (χ1) is 18.5. The number of anilines is 3. The third-order valence-electron chi connectivity index (χ3n) is 6.55. The number of ether oxygens (including phenoxy) is 2. The van der Waals surface area contributed by atoms with Gasteiger partial charge in [-0.25, -0.2) is 14.8 Å². The number of carbonyl (C=O) groups is 2. The topological polar surface area (TPSA) is 84.9 Å². The molecule has 1 aliphatic heterocycles. The van der Waals surface area contributed by atoms with Crippen LogP contribution < -0.4 is 14.5 Å². The van der Waals surface area contributed by atoms with Crippen LogP contribution in [0.1, 0.15) is 33.2 Å². The molecule has 1 aliphatic rings. The summed E-state index contributed by atoms with van der Waals surface area (Å²) in [6.07, 6.45) is 4.11. The molecule has 0 unspecified atom stereocenters. The van der Waals surface area contributed by atoms with Crippen LogP contribution in [0.25, 0.3) is 11.1 Å². The van der Waals surface area contributed by atoms with Crippen molar-refractivity contribution in [3.63, 3.8) is 0 Å². The van der Waals surface area contributed by atoms with E-state index in [-0.39, 0.29) is 11.9 Å². The zero-order valence-electron chi connectivity index (χ0n) is 21.5. The van der Waals surface area contributed by atoms with E-state index in [2.05, 4.69) is 9.97 Å². The summed E-state index contributed by atoms with van der Waals surface area (Å²) in [6.45, 7) is 3.08. The first-order valence-electron chi connectivity index (χ1n) is 12.4. The number of esters is 1. The molecule has 2 aromatic carbocycles. The normalized spacial score (nSPS) is 12.4. The minimum Gasteiger partial charge on any atom is -0.493 e. The van der Waals surface area contributed by atoms with Crippen LogP contribution in [0.15, 0.2) is 79.1 Å². The summed E-state index contributed by atoms with van der Waals surface area (Å²) >= 11 is 0. The summed E-state index contributed by atoms with van der Waals surface area (Å²) in [5.41, 5.74) is 4.66. The van der Waals surface area contributed by atoms with Crippen LogP contribution in [0, 0.1) is 0 Å². The van der Waals surface area contributed by atoms with E-state index in [1.807, 2.05) is 66.4 Å². The van der Waals surface area contributed by atoms with Crippen molar-refractivity contribution >= 4 is 29.2 Å². The van der Waals surface area contributed by atoms with Crippen LogP contribution in [0.3, 0.4) is 0 Å². The molecule has 8 nitrogen and oxygen atoms in total. The van der Waals surface area contributed by atoms with Crippen LogP contribution in [-0.4, -0.2) is 49.2 Å². The van der Waals surface area contributed by atoms with Crippen LogP contribution >= 0.6 is 0 Å². The van der Waals surface area contributed by atoms with Crippen molar-refractivity contribution in [2.24, 2.45) is 0 Å². The Labute approximate surface area is 221 Å². The fourth-order valence-corrected chi connectivity index (χ4v) is 4.53. The average molecular weight is 509 g/mol. The van der Waals surface area contributed by atoms with Crippen molar-refractivity contribution in [2.75, 3.05) is 37.1 Å². The van der Waals surface area contributed by atoms with Gasteiger partial charge in [0.05, 0.1) is 30.5 Å². The van der Waals surface area contributed by atoms with Crippen molar-refractivity contribution in [3.8, 4) is 16.9 Å². The Hall–Kier alpha value is -4.72. The lowest BCUT2D eigenvalue weighted by atomic mass is 10.0. The maximum Gasteiger partial charge on any atom is 0.337 e. The van der Waals surface area contributed by atoms with Crippen molar-refractivity contribution in [1.29, 1.82) is 0 Å². The Morgan fingerprint density at radius 1 is 0.947 bits per heavy atom. The van der Waals surface area contributed by atoms with Crippen LogP contribution in [0.2, 0.25) is 0 Å². The third-order valence-corrected chi connectivity index (χ3v) is 6.55. The summed E-state index contributed by atoms with van der Waals surface area (Å²) < 4.78 is 10.8. The molecule has 8 heteroatoms. The SMILES string of the molecule is CCN1c2ncc(CCOc3cccc(-c4ccc(C(=O)OC)cc4)c3)cc2C(=O)N(C)c2cccnc21. The van der Waals surface area contributed by atoms with Gasteiger partial charge < -0.3 is 19.3 Å². The van der Waals surface area contributed by atoms with E-state index in [9.17, 15) is 9.59 Å². The number of methoxy groups -OCH3 is 1. The molecule has 1 amide bonds. The Bertz CT molecular complexity index is 1490. The fourth-order valence-electron chi connectivity index (χ4n) is 4.53. The molecule has 0 atom stereocenters. The van der Waals surface area contributed by atoms with Gasteiger partial charge in [-0.1, -0.05) is 24.3 Å². The highest BCUT2D eigenvalue weighted by Gasteiger charge is 2.30. The van der Waals surface area contributed by atoms with E-state index in [0.29, 0.717) is 42.3 Å². The largest absolute Gasteiger partial charge is 0.493 e. The second-order valence-corrected chi connectivity index (χ2v) is 8.86. The predicted molar refractivity (Wildman–Crippen MR) is 146 cm³/mol. The second kappa shape index (κ2) is 10.7. The standard InChI is InChI=1S/C30H28N4O4/c1-4-34-27-25(29(35)33(2)26-9-6-15-31-28(26)34)17-20(19-32-27)14-16-38-24-8-5-7-23(18-24)21-10-12-22(13-11-21)30(36)37-3/h5-13,15,17-19H,4,14,16H2,1-3H3. The number of nitrogens with zero attached hydrogens (tertiary/aromatic N) is 4. The Morgan fingerprint density at radius 3 is 2.53 bits per heavy atom. The van der Waals surface area contributed by atoms with Crippen molar-refractivity contribution in [2.45, 2.75) is 13.3 Å². The molecule has 192 valence electrons. The maximum atomic E-state index is 13.3. The minimum absolute atomic E-state index is 0.119. The summed E-state index contributed by atoms with van der Waals surface area (Å²) in [7, 11) is 3.13. The van der Waals surface area contributed by atoms with Crippen molar-refractivity contribution in [3.05, 3.63) is 95.8 Å². The van der Waals surface area contributed by atoms with Crippen LogP contribution in [-0.2, 0) is 11.2 Å². The highest BCUT2D eigenvalue weighted by molar-refractivity contribution is 6.12. The molecule has 3 heterocycles. The highest BCUT2D eigenvalue weighted by Crippen LogP contribution is 2.37. The Balaban J connectivity index is 1.30. The van der Waals surface area contributed by atoms with Gasteiger partial charge in [0.1, 0.15) is 11.6 Å². The van der Waals surface area contributed by atoms with Crippen molar-refractivity contribution in [1.82, 2.24) is 9.97 Å². The van der Waals surface area contributed by atoms with Gasteiger partial charge in [0.15, 0.2) is 5.82 Å². The molecular formula is C30H28N4O4. The van der Waals surface area contributed by atoms with E-state index in [1.54, 1.807) is 36.5 Å². The van der Waals surface area contributed by atoms with Gasteiger partial charge in [-0.15, -0.1) is 0 Å². The minimum atomic E-state index is -0.363. The first-order valence-corrected chi connectivity index (χ1v) is 12.4. The molecular weight excluding hydrogens is 480 g/mol. The summed E-state index contributed by atoms with van der Waals surface area (Å²) in [6, 6.07) is 20.7. The van der Waals surface area contributed by atoms with E-state index in [1.165, 1.54) is 7.11 Å². The molecule has 2 aromatic heterocycles. The lowest BCUT2D eigenvalue weighted by Gasteiger charge is -2.22. The lowest BCUT2D eigenvalue weighted by Crippen LogP contribution is -2.25. The molecule has 0 bridgehead atoms. The average Bonchev–Trinajstić information content (AvgIpc) is 3.05. The van der Waals surface area contributed by atoms with Gasteiger partial charge in [0, 0.05) is 32.4 Å². The smallest absolute Gasteiger partial charge is 0.337 e. The number of amides is 1. The number of aromatic nitrogens is 2. The zero-order valence-corrected chi connectivity index (χ0v) is 21.5. The van der Waals surface area contributed by atoms with Gasteiger partial charge in [0.25, 0.3) is 5.91 Å². The summed E-state index contributed by atoms with van der Waals surface area (Å²) in [5.74, 6) is 1.58. The molecule has 0 N–H and O–H groups in total. The van der Waals surface area contributed by atoms with Gasteiger partial charge in [0.2, 0.25) is 0 Å². The molecule has 0 saturated carbocycles. The number of carbonyl (C=O) groups excluding carboxylic acids is 2. The number of hydrogen-bond acceptors (Lipinski definition) is 7.